The fourth-order valence-corrected chi connectivity index (χ4v) is 5.01. The maximum Gasteiger partial charge on any atom is 0.223 e. The van der Waals surface area contributed by atoms with Crippen molar-refractivity contribution in [1.82, 2.24) is 9.97 Å². The van der Waals surface area contributed by atoms with E-state index in [1.807, 2.05) is 24.8 Å². The maximum atomic E-state index is 11.7. The average molecular weight is 312 g/mol. The van der Waals surface area contributed by atoms with E-state index in [0.717, 1.165) is 20.9 Å². The Balaban J connectivity index is 2.10. The number of nitrogens with two attached hydrogens (primary N) is 1. The zero-order valence-electron chi connectivity index (χ0n) is 11.3. The van der Waals surface area contributed by atoms with E-state index in [0.29, 0.717) is 6.54 Å². The number of rotatable bonds is 1. The Morgan fingerprint density at radius 1 is 1.45 bits per heavy atom. The lowest BCUT2D eigenvalue weighted by molar-refractivity contribution is 0.567. The lowest BCUT2D eigenvalue weighted by atomic mass is 10.2. The van der Waals surface area contributed by atoms with Crippen molar-refractivity contribution in [3.8, 4) is 0 Å². The highest BCUT2D eigenvalue weighted by Crippen LogP contribution is 2.33. The molecule has 0 aromatic carbocycles. The summed E-state index contributed by atoms with van der Waals surface area (Å²) in [6, 6.07) is 1.93. The molecule has 0 amide bonds. The van der Waals surface area contributed by atoms with Crippen molar-refractivity contribution in [2.24, 2.45) is 0 Å². The summed E-state index contributed by atoms with van der Waals surface area (Å²) in [6.07, 6.45) is 0. The molecule has 2 N–H and O–H groups in total. The number of fused-ring (bicyclic) bond motifs is 1. The summed E-state index contributed by atoms with van der Waals surface area (Å²) < 4.78 is 23.4. The van der Waals surface area contributed by atoms with Crippen LogP contribution in [0, 0.1) is 6.92 Å². The first-order valence-corrected chi connectivity index (χ1v) is 9.00. The van der Waals surface area contributed by atoms with Crippen molar-refractivity contribution in [3.63, 3.8) is 0 Å². The van der Waals surface area contributed by atoms with Gasteiger partial charge < -0.3 is 10.6 Å². The molecule has 0 radical (unpaired) electrons. The topological polar surface area (TPSA) is 89.2 Å². The molecule has 0 spiro atoms. The maximum absolute atomic E-state index is 11.7. The first-order valence-electron chi connectivity index (χ1n) is 6.36. The highest BCUT2D eigenvalue weighted by molar-refractivity contribution is 7.91. The number of aromatic nitrogens is 2. The lowest BCUT2D eigenvalue weighted by Crippen LogP contribution is -2.47. The van der Waals surface area contributed by atoms with Crippen molar-refractivity contribution in [3.05, 3.63) is 10.9 Å². The molecular weight excluding hydrogens is 296 g/mol. The van der Waals surface area contributed by atoms with Gasteiger partial charge in [0.15, 0.2) is 9.84 Å². The van der Waals surface area contributed by atoms with Crippen LogP contribution in [0.1, 0.15) is 11.8 Å². The fraction of sp³-hybridized carbons (Fsp3) is 0.500. The molecule has 1 saturated heterocycles. The molecule has 0 aliphatic carbocycles. The van der Waals surface area contributed by atoms with Crippen LogP contribution >= 0.6 is 11.3 Å². The van der Waals surface area contributed by atoms with E-state index < -0.39 is 9.84 Å². The highest BCUT2D eigenvalue weighted by Gasteiger charge is 2.30. The predicted molar refractivity (Wildman–Crippen MR) is 82.0 cm³/mol. The molecule has 0 bridgehead atoms. The Morgan fingerprint density at radius 2 is 2.20 bits per heavy atom. The molecule has 20 heavy (non-hydrogen) atoms. The van der Waals surface area contributed by atoms with Gasteiger partial charge in [-0.25, -0.2) is 13.4 Å². The third kappa shape index (κ3) is 2.33. The molecule has 1 aliphatic rings. The van der Waals surface area contributed by atoms with Gasteiger partial charge in [0, 0.05) is 17.5 Å². The average Bonchev–Trinajstić information content (AvgIpc) is 2.67. The van der Waals surface area contributed by atoms with Gasteiger partial charge in [-0.1, -0.05) is 0 Å². The number of nitrogens with zero attached hydrogens (tertiary/aromatic N) is 3. The lowest BCUT2D eigenvalue weighted by Gasteiger charge is -2.34. The fourth-order valence-electron chi connectivity index (χ4n) is 2.58. The molecule has 0 saturated carbocycles. The molecule has 3 rings (SSSR count). The van der Waals surface area contributed by atoms with Crippen LogP contribution in [0.25, 0.3) is 10.2 Å². The zero-order chi connectivity index (χ0) is 14.5. The van der Waals surface area contributed by atoms with Crippen molar-refractivity contribution < 1.29 is 8.42 Å². The molecule has 108 valence electrons. The van der Waals surface area contributed by atoms with Gasteiger partial charge in [0.1, 0.15) is 10.6 Å². The number of hydrogen-bond donors (Lipinski definition) is 1. The largest absolute Gasteiger partial charge is 0.368 e. The minimum atomic E-state index is -2.94. The summed E-state index contributed by atoms with van der Waals surface area (Å²) in [5.41, 5.74) is 5.78. The van der Waals surface area contributed by atoms with Crippen molar-refractivity contribution in [1.29, 1.82) is 0 Å². The van der Waals surface area contributed by atoms with E-state index in [-0.39, 0.29) is 23.5 Å². The van der Waals surface area contributed by atoms with Crippen LogP contribution in [0.4, 0.5) is 11.8 Å². The van der Waals surface area contributed by atoms with Crippen LogP contribution in [-0.4, -0.2) is 42.5 Å². The van der Waals surface area contributed by atoms with E-state index in [4.69, 9.17) is 5.73 Å². The van der Waals surface area contributed by atoms with Crippen molar-refractivity contribution in [2.75, 3.05) is 28.7 Å². The summed E-state index contributed by atoms with van der Waals surface area (Å²) in [5, 5.41) is 0.952. The standard InChI is InChI=1S/C12H16N4O2S2/c1-7-6-20(17,18)4-3-16(7)10-9-5-8(2)19-11(9)15-12(13)14-10/h5,7H,3-4,6H2,1-2H3,(H2,13,14,15). The van der Waals surface area contributed by atoms with Gasteiger partial charge in [0.05, 0.1) is 16.9 Å². The van der Waals surface area contributed by atoms with E-state index >= 15 is 0 Å². The van der Waals surface area contributed by atoms with Crippen molar-refractivity contribution in [2.45, 2.75) is 19.9 Å². The third-order valence-corrected chi connectivity index (χ3v) is 6.19. The number of sulfone groups is 1. The second-order valence-corrected chi connectivity index (χ2v) is 8.60. The van der Waals surface area contributed by atoms with E-state index in [1.54, 1.807) is 11.3 Å². The minimum absolute atomic E-state index is 0.105. The van der Waals surface area contributed by atoms with E-state index in [1.165, 1.54) is 0 Å². The summed E-state index contributed by atoms with van der Waals surface area (Å²) in [7, 11) is -2.94. The zero-order valence-corrected chi connectivity index (χ0v) is 13.0. The van der Waals surface area contributed by atoms with Crippen LogP contribution < -0.4 is 10.6 Å². The molecule has 1 aliphatic heterocycles. The Kier molecular flexibility index (Phi) is 3.09. The number of hydrogen-bond acceptors (Lipinski definition) is 7. The van der Waals surface area contributed by atoms with Gasteiger partial charge in [-0.05, 0) is 19.9 Å². The first kappa shape index (κ1) is 13.6. The highest BCUT2D eigenvalue weighted by atomic mass is 32.2. The second kappa shape index (κ2) is 4.56. The van der Waals surface area contributed by atoms with Gasteiger partial charge in [0.25, 0.3) is 0 Å². The third-order valence-electron chi connectivity index (χ3n) is 3.46. The quantitative estimate of drug-likeness (QED) is 0.851. The van der Waals surface area contributed by atoms with Gasteiger partial charge in [0.2, 0.25) is 5.95 Å². The van der Waals surface area contributed by atoms with Crippen LogP contribution in [-0.2, 0) is 9.84 Å². The van der Waals surface area contributed by atoms with E-state index in [2.05, 4.69) is 9.97 Å². The summed E-state index contributed by atoms with van der Waals surface area (Å²) in [6.45, 7) is 4.36. The first-order chi connectivity index (χ1) is 9.35. The van der Waals surface area contributed by atoms with Gasteiger partial charge >= 0.3 is 0 Å². The molecule has 2 aromatic rings. The van der Waals surface area contributed by atoms with Crippen LogP contribution in [0.15, 0.2) is 6.07 Å². The Hall–Kier alpha value is -1.41. The Bertz CT molecular complexity index is 769. The van der Waals surface area contributed by atoms with Crippen LogP contribution in [0.3, 0.4) is 0 Å². The monoisotopic (exact) mass is 312 g/mol. The van der Waals surface area contributed by atoms with Gasteiger partial charge in [-0.15, -0.1) is 11.3 Å². The van der Waals surface area contributed by atoms with Gasteiger partial charge in [-0.3, -0.25) is 0 Å². The normalized spacial score (nSPS) is 22.3. The molecular formula is C12H16N4O2S2. The predicted octanol–water partition coefficient (Wildman–Crippen LogP) is 1.21. The number of anilines is 2. The van der Waals surface area contributed by atoms with E-state index in [9.17, 15) is 8.42 Å². The molecule has 3 heterocycles. The summed E-state index contributed by atoms with van der Waals surface area (Å²) in [5.74, 6) is 1.29. The Morgan fingerprint density at radius 3 is 2.90 bits per heavy atom. The molecule has 6 nitrogen and oxygen atoms in total. The second-order valence-electron chi connectivity index (χ2n) is 5.14. The molecule has 1 unspecified atom stereocenters. The SMILES string of the molecule is Cc1cc2c(N3CCS(=O)(=O)CC3C)nc(N)nc2s1. The number of aryl methyl sites for hydroxylation is 1. The van der Waals surface area contributed by atoms with Crippen molar-refractivity contribution >= 4 is 43.2 Å². The minimum Gasteiger partial charge on any atom is -0.368 e. The molecule has 8 heteroatoms. The molecule has 1 atom stereocenters. The van der Waals surface area contributed by atoms with Crippen LogP contribution in [0.2, 0.25) is 0 Å². The number of nitrogen functional groups attached to an aromatic ring is 1. The summed E-state index contributed by atoms with van der Waals surface area (Å²) in [4.78, 5) is 12.6. The van der Waals surface area contributed by atoms with Gasteiger partial charge in [-0.2, -0.15) is 4.98 Å². The molecule has 2 aromatic heterocycles. The smallest absolute Gasteiger partial charge is 0.223 e. The molecule has 1 fully saturated rings. The Labute approximate surface area is 121 Å². The summed E-state index contributed by atoms with van der Waals surface area (Å²) >= 11 is 1.57. The van der Waals surface area contributed by atoms with Crippen LogP contribution in [0.5, 0.6) is 0 Å². The number of thiophene rings is 1.